The zero-order valence-electron chi connectivity index (χ0n) is 16.8. The van der Waals surface area contributed by atoms with Crippen molar-refractivity contribution in [3.63, 3.8) is 0 Å². The number of amides is 1. The number of nitrogens with two attached hydrogens (primary N) is 1. The summed E-state index contributed by atoms with van der Waals surface area (Å²) in [6.07, 6.45) is 0.0222. The number of hydrogen-bond acceptors (Lipinski definition) is 9. The molecule has 0 fully saturated rings. The molecular formula is C19H26N6O4. The standard InChI is InChI=1S/C19H26N6O4/c1-19(2,3)29-18(27)21-11-7-10-15(26)28-12-14-23-16(20)25-17(24-14)22-13-8-5-4-6-9-13/h4-6,8-9H,7,10-12H2,1-3H3,(H,21,27)(H3,20,22,23,24,25). The van der Waals surface area contributed by atoms with E-state index >= 15 is 0 Å². The van der Waals surface area contributed by atoms with Gasteiger partial charge in [0, 0.05) is 18.7 Å². The highest BCUT2D eigenvalue weighted by molar-refractivity contribution is 5.70. The van der Waals surface area contributed by atoms with Crippen molar-refractivity contribution in [2.75, 3.05) is 17.6 Å². The van der Waals surface area contributed by atoms with Gasteiger partial charge in [0.25, 0.3) is 0 Å². The van der Waals surface area contributed by atoms with Gasteiger partial charge in [-0.05, 0) is 39.3 Å². The van der Waals surface area contributed by atoms with Crippen LogP contribution in [0.2, 0.25) is 0 Å². The monoisotopic (exact) mass is 402 g/mol. The Morgan fingerprint density at radius 1 is 1.10 bits per heavy atom. The van der Waals surface area contributed by atoms with Crippen LogP contribution in [0.5, 0.6) is 0 Å². The Kier molecular flexibility index (Phi) is 7.70. The molecule has 0 radical (unpaired) electrons. The van der Waals surface area contributed by atoms with Gasteiger partial charge in [-0.1, -0.05) is 18.2 Å². The minimum atomic E-state index is -0.566. The van der Waals surface area contributed by atoms with Gasteiger partial charge in [-0.15, -0.1) is 0 Å². The summed E-state index contributed by atoms with van der Waals surface area (Å²) in [5, 5.41) is 5.59. The molecule has 0 atom stereocenters. The fourth-order valence-electron chi connectivity index (χ4n) is 2.16. The van der Waals surface area contributed by atoms with Crippen LogP contribution in [0.15, 0.2) is 30.3 Å². The summed E-state index contributed by atoms with van der Waals surface area (Å²) in [7, 11) is 0. The van der Waals surface area contributed by atoms with E-state index in [1.54, 1.807) is 20.8 Å². The van der Waals surface area contributed by atoms with E-state index in [9.17, 15) is 9.59 Å². The van der Waals surface area contributed by atoms with E-state index in [1.165, 1.54) is 0 Å². The molecule has 1 amide bonds. The maximum atomic E-state index is 11.9. The lowest BCUT2D eigenvalue weighted by Gasteiger charge is -2.19. The predicted molar refractivity (Wildman–Crippen MR) is 107 cm³/mol. The molecule has 0 aliphatic heterocycles. The third-order valence-corrected chi connectivity index (χ3v) is 3.32. The number of ether oxygens (including phenoxy) is 2. The van der Waals surface area contributed by atoms with E-state index in [1.807, 2.05) is 30.3 Å². The lowest BCUT2D eigenvalue weighted by atomic mass is 10.2. The summed E-state index contributed by atoms with van der Waals surface area (Å²) in [4.78, 5) is 35.6. The number of para-hydroxylation sites is 1. The van der Waals surface area contributed by atoms with Crippen molar-refractivity contribution in [1.82, 2.24) is 20.3 Å². The molecule has 0 aliphatic carbocycles. The molecule has 2 rings (SSSR count). The van der Waals surface area contributed by atoms with Crippen LogP contribution in [0, 0.1) is 0 Å². The quantitative estimate of drug-likeness (QED) is 0.448. The Hall–Kier alpha value is -3.43. The highest BCUT2D eigenvalue weighted by atomic mass is 16.6. The first-order valence-corrected chi connectivity index (χ1v) is 9.16. The van der Waals surface area contributed by atoms with E-state index < -0.39 is 17.7 Å². The molecule has 156 valence electrons. The van der Waals surface area contributed by atoms with Crippen LogP contribution in [-0.4, -0.2) is 39.2 Å². The van der Waals surface area contributed by atoms with Gasteiger partial charge in [0.05, 0.1) is 0 Å². The van der Waals surface area contributed by atoms with Crippen LogP contribution in [0.3, 0.4) is 0 Å². The van der Waals surface area contributed by atoms with Crippen LogP contribution in [-0.2, 0) is 20.9 Å². The zero-order chi connectivity index (χ0) is 21.3. The fourth-order valence-corrected chi connectivity index (χ4v) is 2.16. The van der Waals surface area contributed by atoms with E-state index in [0.717, 1.165) is 5.69 Å². The van der Waals surface area contributed by atoms with Crippen molar-refractivity contribution in [2.45, 2.75) is 45.8 Å². The zero-order valence-corrected chi connectivity index (χ0v) is 16.8. The van der Waals surface area contributed by atoms with Crippen molar-refractivity contribution in [2.24, 2.45) is 0 Å². The number of carbonyl (C=O) groups is 2. The van der Waals surface area contributed by atoms with Gasteiger partial charge in [0.1, 0.15) is 5.60 Å². The van der Waals surface area contributed by atoms with Crippen LogP contribution in [0.1, 0.15) is 39.4 Å². The van der Waals surface area contributed by atoms with Crippen molar-refractivity contribution < 1.29 is 19.1 Å². The number of hydrogen-bond donors (Lipinski definition) is 3. The van der Waals surface area contributed by atoms with E-state index in [4.69, 9.17) is 15.2 Å². The predicted octanol–water partition coefficient (Wildman–Crippen LogP) is 2.55. The molecule has 0 bridgehead atoms. The fraction of sp³-hybridized carbons (Fsp3) is 0.421. The van der Waals surface area contributed by atoms with Crippen molar-refractivity contribution >= 4 is 29.6 Å². The summed E-state index contributed by atoms with van der Waals surface area (Å²) in [5.74, 6) is 0.0750. The Bertz CT molecular complexity index is 823. The van der Waals surface area contributed by atoms with Crippen molar-refractivity contribution in [1.29, 1.82) is 0 Å². The molecule has 2 aromatic rings. The number of carbonyl (C=O) groups excluding carboxylic acids is 2. The topological polar surface area (TPSA) is 141 Å². The Labute approximate surface area is 169 Å². The summed E-state index contributed by atoms with van der Waals surface area (Å²) in [5.41, 5.74) is 5.92. The molecule has 0 unspecified atom stereocenters. The number of rotatable bonds is 8. The first-order chi connectivity index (χ1) is 13.7. The normalized spacial score (nSPS) is 10.9. The summed E-state index contributed by atoms with van der Waals surface area (Å²) < 4.78 is 10.3. The molecular weight excluding hydrogens is 376 g/mol. The highest BCUT2D eigenvalue weighted by Gasteiger charge is 2.15. The highest BCUT2D eigenvalue weighted by Crippen LogP contribution is 2.13. The number of aromatic nitrogens is 3. The molecule has 29 heavy (non-hydrogen) atoms. The number of benzene rings is 1. The lowest BCUT2D eigenvalue weighted by molar-refractivity contribution is -0.145. The Morgan fingerprint density at radius 2 is 1.83 bits per heavy atom. The van der Waals surface area contributed by atoms with Crippen molar-refractivity contribution in [3.05, 3.63) is 36.2 Å². The van der Waals surface area contributed by atoms with Gasteiger partial charge < -0.3 is 25.8 Å². The summed E-state index contributed by atoms with van der Waals surface area (Å²) in [6, 6.07) is 9.33. The molecule has 0 spiro atoms. The Morgan fingerprint density at radius 3 is 2.52 bits per heavy atom. The first kappa shape index (κ1) is 21.9. The maximum Gasteiger partial charge on any atom is 0.407 e. The van der Waals surface area contributed by atoms with Crippen molar-refractivity contribution in [3.8, 4) is 0 Å². The first-order valence-electron chi connectivity index (χ1n) is 9.16. The number of anilines is 3. The number of nitrogen functional groups attached to an aromatic ring is 1. The van der Waals surface area contributed by atoms with Crippen LogP contribution < -0.4 is 16.4 Å². The van der Waals surface area contributed by atoms with Crippen LogP contribution in [0.4, 0.5) is 22.4 Å². The Balaban J connectivity index is 1.75. The smallest absolute Gasteiger partial charge is 0.407 e. The minimum Gasteiger partial charge on any atom is -0.457 e. The SMILES string of the molecule is CC(C)(C)OC(=O)NCCCC(=O)OCc1nc(N)nc(Nc2ccccc2)n1. The maximum absolute atomic E-state index is 11.9. The largest absolute Gasteiger partial charge is 0.457 e. The van der Waals surface area contributed by atoms with Gasteiger partial charge in [0.2, 0.25) is 11.9 Å². The van der Waals surface area contributed by atoms with Gasteiger partial charge in [-0.3, -0.25) is 4.79 Å². The number of alkyl carbamates (subject to hydrolysis) is 1. The number of nitrogens with zero attached hydrogens (tertiary/aromatic N) is 3. The molecule has 0 aliphatic rings. The molecule has 1 heterocycles. The number of esters is 1. The van der Waals surface area contributed by atoms with Crippen LogP contribution in [0.25, 0.3) is 0 Å². The minimum absolute atomic E-state index is 0.0195. The number of nitrogens with one attached hydrogen (secondary N) is 2. The van der Waals surface area contributed by atoms with Crippen LogP contribution >= 0.6 is 0 Å². The third kappa shape index (κ3) is 8.87. The van der Waals surface area contributed by atoms with E-state index in [0.29, 0.717) is 13.0 Å². The third-order valence-electron chi connectivity index (χ3n) is 3.32. The molecule has 1 aromatic carbocycles. The second kappa shape index (κ2) is 10.2. The molecule has 10 nitrogen and oxygen atoms in total. The average Bonchev–Trinajstić information content (AvgIpc) is 2.62. The van der Waals surface area contributed by atoms with Gasteiger partial charge >= 0.3 is 12.1 Å². The molecule has 1 aromatic heterocycles. The second-order valence-electron chi connectivity index (χ2n) is 7.12. The molecule has 10 heteroatoms. The summed E-state index contributed by atoms with van der Waals surface area (Å²) in [6.45, 7) is 5.50. The summed E-state index contributed by atoms with van der Waals surface area (Å²) >= 11 is 0. The van der Waals surface area contributed by atoms with Gasteiger partial charge in [0.15, 0.2) is 12.4 Å². The molecule has 4 N–H and O–H groups in total. The van der Waals surface area contributed by atoms with Gasteiger partial charge in [-0.2, -0.15) is 15.0 Å². The molecule has 0 saturated heterocycles. The van der Waals surface area contributed by atoms with E-state index in [2.05, 4.69) is 25.6 Å². The second-order valence-corrected chi connectivity index (χ2v) is 7.12. The van der Waals surface area contributed by atoms with E-state index in [-0.39, 0.29) is 30.7 Å². The van der Waals surface area contributed by atoms with Gasteiger partial charge in [-0.25, -0.2) is 4.79 Å². The average molecular weight is 402 g/mol. The lowest BCUT2D eigenvalue weighted by Crippen LogP contribution is -2.33. The molecule has 0 saturated carbocycles.